The highest BCUT2D eigenvalue weighted by molar-refractivity contribution is 5.96. The van der Waals surface area contributed by atoms with Crippen molar-refractivity contribution in [1.82, 2.24) is 0 Å². The third-order valence-corrected chi connectivity index (χ3v) is 2.63. The van der Waals surface area contributed by atoms with E-state index in [4.69, 9.17) is 16.2 Å². The third kappa shape index (κ3) is 2.83. The SMILES string of the molecule is NC(=O)c1cc(N)ccc1Oc1ccccc1CO. The van der Waals surface area contributed by atoms with Crippen LogP contribution in [-0.4, -0.2) is 11.0 Å². The van der Waals surface area contributed by atoms with Crippen LogP contribution < -0.4 is 16.2 Å². The number of carbonyl (C=O) groups is 1. The molecule has 0 unspecified atom stereocenters. The molecule has 0 bridgehead atoms. The van der Waals surface area contributed by atoms with Crippen LogP contribution in [0.4, 0.5) is 5.69 Å². The molecule has 0 aliphatic heterocycles. The van der Waals surface area contributed by atoms with Gasteiger partial charge >= 0.3 is 0 Å². The molecule has 0 spiro atoms. The molecule has 0 heterocycles. The average molecular weight is 258 g/mol. The second kappa shape index (κ2) is 5.41. The highest BCUT2D eigenvalue weighted by Gasteiger charge is 2.12. The molecule has 19 heavy (non-hydrogen) atoms. The molecular weight excluding hydrogens is 244 g/mol. The Hall–Kier alpha value is -2.53. The van der Waals surface area contributed by atoms with Gasteiger partial charge in [0.2, 0.25) is 0 Å². The molecular formula is C14H14N2O3. The maximum absolute atomic E-state index is 11.4. The molecule has 98 valence electrons. The zero-order valence-corrected chi connectivity index (χ0v) is 10.2. The van der Waals surface area contributed by atoms with Crippen molar-refractivity contribution in [2.45, 2.75) is 6.61 Å². The van der Waals surface area contributed by atoms with Gasteiger partial charge in [-0.15, -0.1) is 0 Å². The molecule has 2 aromatic rings. The fraction of sp³-hybridized carbons (Fsp3) is 0.0714. The Labute approximate surface area is 110 Å². The zero-order valence-electron chi connectivity index (χ0n) is 10.2. The number of carbonyl (C=O) groups excluding carboxylic acids is 1. The third-order valence-electron chi connectivity index (χ3n) is 2.63. The van der Waals surface area contributed by atoms with Crippen LogP contribution in [0.3, 0.4) is 0 Å². The smallest absolute Gasteiger partial charge is 0.252 e. The van der Waals surface area contributed by atoms with Gasteiger partial charge in [0.25, 0.3) is 5.91 Å². The summed E-state index contributed by atoms with van der Waals surface area (Å²) in [6, 6.07) is 11.6. The molecule has 0 aliphatic carbocycles. The summed E-state index contributed by atoms with van der Waals surface area (Å²) in [6.07, 6.45) is 0. The Morgan fingerprint density at radius 2 is 1.89 bits per heavy atom. The Kier molecular flexibility index (Phi) is 3.68. The standard InChI is InChI=1S/C14H14N2O3/c15-10-5-6-13(11(7-10)14(16)18)19-12-4-2-1-3-9(12)8-17/h1-7,17H,8,15H2,(H2,16,18). The lowest BCUT2D eigenvalue weighted by Gasteiger charge is -2.12. The van der Waals surface area contributed by atoms with Gasteiger partial charge in [-0.3, -0.25) is 4.79 Å². The number of amides is 1. The number of hydrogen-bond acceptors (Lipinski definition) is 4. The first-order valence-electron chi connectivity index (χ1n) is 5.67. The van der Waals surface area contributed by atoms with E-state index in [9.17, 15) is 9.90 Å². The first-order valence-corrected chi connectivity index (χ1v) is 5.67. The van der Waals surface area contributed by atoms with Gasteiger partial charge in [-0.2, -0.15) is 0 Å². The van der Waals surface area contributed by atoms with Crippen LogP contribution >= 0.6 is 0 Å². The second-order valence-corrected chi connectivity index (χ2v) is 3.99. The van der Waals surface area contributed by atoms with Gasteiger partial charge in [-0.1, -0.05) is 18.2 Å². The van der Waals surface area contributed by atoms with Crippen LogP contribution in [0.15, 0.2) is 42.5 Å². The fourth-order valence-corrected chi connectivity index (χ4v) is 1.68. The lowest BCUT2D eigenvalue weighted by molar-refractivity contribution is 0.0998. The summed E-state index contributed by atoms with van der Waals surface area (Å²) < 4.78 is 5.63. The van der Waals surface area contributed by atoms with E-state index in [2.05, 4.69) is 0 Å². The van der Waals surface area contributed by atoms with Crippen molar-refractivity contribution in [3.8, 4) is 11.5 Å². The fourth-order valence-electron chi connectivity index (χ4n) is 1.68. The van der Waals surface area contributed by atoms with Crippen molar-refractivity contribution in [3.05, 3.63) is 53.6 Å². The van der Waals surface area contributed by atoms with Crippen LogP contribution in [0.1, 0.15) is 15.9 Å². The van der Waals surface area contributed by atoms with E-state index >= 15 is 0 Å². The largest absolute Gasteiger partial charge is 0.456 e. The Bertz CT molecular complexity index is 611. The molecule has 0 fully saturated rings. The molecule has 0 aliphatic rings. The summed E-state index contributed by atoms with van der Waals surface area (Å²) in [5, 5.41) is 9.23. The van der Waals surface area contributed by atoms with E-state index in [-0.39, 0.29) is 12.2 Å². The molecule has 5 N–H and O–H groups in total. The van der Waals surface area contributed by atoms with Gasteiger partial charge in [0.15, 0.2) is 0 Å². The molecule has 0 saturated carbocycles. The highest BCUT2D eigenvalue weighted by Crippen LogP contribution is 2.29. The highest BCUT2D eigenvalue weighted by atomic mass is 16.5. The van der Waals surface area contributed by atoms with Gasteiger partial charge in [-0.05, 0) is 24.3 Å². The summed E-state index contributed by atoms with van der Waals surface area (Å²) >= 11 is 0. The topological polar surface area (TPSA) is 98.6 Å². The normalized spacial score (nSPS) is 10.2. The molecule has 5 nitrogen and oxygen atoms in total. The monoisotopic (exact) mass is 258 g/mol. The van der Waals surface area contributed by atoms with Crippen molar-refractivity contribution in [1.29, 1.82) is 0 Å². The number of hydrogen-bond donors (Lipinski definition) is 3. The first kappa shape index (κ1) is 12.9. The van der Waals surface area contributed by atoms with E-state index in [0.717, 1.165) is 0 Å². The van der Waals surface area contributed by atoms with Crippen LogP contribution in [0.25, 0.3) is 0 Å². The molecule has 5 heteroatoms. The summed E-state index contributed by atoms with van der Waals surface area (Å²) in [4.78, 5) is 11.4. The van der Waals surface area contributed by atoms with Crippen molar-refractivity contribution < 1.29 is 14.6 Å². The average Bonchev–Trinajstić information content (AvgIpc) is 2.41. The Morgan fingerprint density at radius 3 is 2.58 bits per heavy atom. The molecule has 1 amide bonds. The summed E-state index contributed by atoms with van der Waals surface area (Å²) in [5.41, 5.74) is 12.1. The molecule has 0 saturated heterocycles. The molecule has 0 aromatic heterocycles. The number of benzene rings is 2. The van der Waals surface area contributed by atoms with Gasteiger partial charge in [0.1, 0.15) is 11.5 Å². The molecule has 0 atom stereocenters. The number of nitrogens with two attached hydrogens (primary N) is 2. The van der Waals surface area contributed by atoms with Gasteiger partial charge in [0.05, 0.1) is 12.2 Å². The van der Waals surface area contributed by atoms with Gasteiger partial charge < -0.3 is 21.3 Å². The second-order valence-electron chi connectivity index (χ2n) is 3.99. The van der Waals surface area contributed by atoms with Crippen molar-refractivity contribution in [3.63, 3.8) is 0 Å². The number of anilines is 1. The molecule has 2 aromatic carbocycles. The summed E-state index contributed by atoms with van der Waals surface area (Å²) in [7, 11) is 0. The number of nitrogen functional groups attached to an aromatic ring is 1. The predicted molar refractivity (Wildman–Crippen MR) is 71.8 cm³/mol. The number of primary amides is 1. The number of ether oxygens (including phenoxy) is 1. The minimum absolute atomic E-state index is 0.156. The van der Waals surface area contributed by atoms with Gasteiger partial charge in [-0.25, -0.2) is 0 Å². The maximum atomic E-state index is 11.4. The Morgan fingerprint density at radius 1 is 1.16 bits per heavy atom. The maximum Gasteiger partial charge on any atom is 0.252 e. The minimum Gasteiger partial charge on any atom is -0.456 e. The van der Waals surface area contributed by atoms with E-state index in [1.54, 1.807) is 36.4 Å². The van der Waals surface area contributed by atoms with Crippen molar-refractivity contribution in [2.75, 3.05) is 5.73 Å². The molecule has 2 rings (SSSR count). The molecule has 0 radical (unpaired) electrons. The van der Waals surface area contributed by atoms with E-state index in [0.29, 0.717) is 22.7 Å². The van der Waals surface area contributed by atoms with Crippen LogP contribution in [-0.2, 0) is 6.61 Å². The number of rotatable bonds is 4. The quantitative estimate of drug-likeness (QED) is 0.726. The number of aliphatic hydroxyl groups is 1. The summed E-state index contributed by atoms with van der Waals surface area (Å²) in [5.74, 6) is 0.156. The predicted octanol–water partition coefficient (Wildman–Crippen LogP) is 1.65. The summed E-state index contributed by atoms with van der Waals surface area (Å²) in [6.45, 7) is -0.156. The van der Waals surface area contributed by atoms with E-state index in [1.807, 2.05) is 0 Å². The van der Waals surface area contributed by atoms with Crippen LogP contribution in [0, 0.1) is 0 Å². The Balaban J connectivity index is 2.41. The van der Waals surface area contributed by atoms with Crippen molar-refractivity contribution in [2.24, 2.45) is 5.73 Å². The number of para-hydroxylation sites is 1. The number of aliphatic hydroxyl groups excluding tert-OH is 1. The first-order chi connectivity index (χ1) is 9.11. The zero-order chi connectivity index (χ0) is 13.8. The lowest BCUT2D eigenvalue weighted by atomic mass is 10.1. The van der Waals surface area contributed by atoms with E-state index in [1.165, 1.54) is 6.07 Å². The lowest BCUT2D eigenvalue weighted by Crippen LogP contribution is -2.12. The van der Waals surface area contributed by atoms with Crippen molar-refractivity contribution >= 4 is 11.6 Å². The van der Waals surface area contributed by atoms with Crippen LogP contribution in [0.2, 0.25) is 0 Å². The van der Waals surface area contributed by atoms with Crippen LogP contribution in [0.5, 0.6) is 11.5 Å². The van der Waals surface area contributed by atoms with E-state index < -0.39 is 5.91 Å². The minimum atomic E-state index is -0.622. The van der Waals surface area contributed by atoms with Gasteiger partial charge in [0, 0.05) is 11.3 Å².